The van der Waals surface area contributed by atoms with Gasteiger partial charge in [-0.3, -0.25) is 4.79 Å². The van der Waals surface area contributed by atoms with Gasteiger partial charge in [-0.15, -0.1) is 0 Å². The summed E-state index contributed by atoms with van der Waals surface area (Å²) in [5, 5.41) is 10.6. The zero-order chi connectivity index (χ0) is 18.3. The molecule has 0 heterocycles. The molecule has 132 valence electrons. The van der Waals surface area contributed by atoms with Crippen LogP contribution in [0.15, 0.2) is 24.3 Å². The molecule has 0 saturated heterocycles. The molecule has 7 heteroatoms. The summed E-state index contributed by atoms with van der Waals surface area (Å²) in [7, 11) is 1.49. The predicted octanol–water partition coefficient (Wildman–Crippen LogP) is 1.37. The number of carbonyl (C=O) groups excluding carboxylic acids is 3. The monoisotopic (exact) mass is 338 g/mol. The quantitative estimate of drug-likeness (QED) is 0.434. The number of Topliss-reactive ketones (excluding diaryl/α,β-unsaturated/α-hetero) is 1. The molecule has 0 spiro atoms. The summed E-state index contributed by atoms with van der Waals surface area (Å²) in [6, 6.07) is 6.09. The molecule has 0 aliphatic rings. The van der Waals surface area contributed by atoms with Crippen LogP contribution in [0.3, 0.4) is 0 Å². The van der Waals surface area contributed by atoms with Crippen molar-refractivity contribution in [3.05, 3.63) is 29.8 Å². The maximum absolute atomic E-state index is 12.6. The molecule has 0 bridgehead atoms. The lowest BCUT2D eigenvalue weighted by atomic mass is 9.83. The topological polar surface area (TPSA) is 99.1 Å². The molecule has 1 aromatic rings. The summed E-state index contributed by atoms with van der Waals surface area (Å²) in [5.74, 6) is -3.86. The van der Waals surface area contributed by atoms with Gasteiger partial charge in [0.25, 0.3) is 5.60 Å². The second-order valence-electron chi connectivity index (χ2n) is 5.02. The van der Waals surface area contributed by atoms with Crippen LogP contribution < -0.4 is 4.74 Å². The zero-order valence-corrected chi connectivity index (χ0v) is 14.2. The lowest BCUT2D eigenvalue weighted by Crippen LogP contribution is -2.56. The van der Waals surface area contributed by atoms with E-state index in [4.69, 9.17) is 14.2 Å². The molecule has 0 amide bonds. The van der Waals surface area contributed by atoms with Gasteiger partial charge in [0.2, 0.25) is 0 Å². The van der Waals surface area contributed by atoms with Crippen molar-refractivity contribution in [2.75, 3.05) is 20.3 Å². The summed E-state index contributed by atoms with van der Waals surface area (Å²) >= 11 is 0. The Kier molecular flexibility index (Phi) is 6.91. The molecule has 1 unspecified atom stereocenters. The van der Waals surface area contributed by atoms with Gasteiger partial charge in [0.1, 0.15) is 5.75 Å². The van der Waals surface area contributed by atoms with Gasteiger partial charge in [0.05, 0.1) is 26.2 Å². The van der Waals surface area contributed by atoms with E-state index in [9.17, 15) is 19.5 Å². The number of ether oxygens (including phenoxy) is 3. The van der Waals surface area contributed by atoms with Crippen molar-refractivity contribution >= 4 is 17.7 Å². The molecule has 7 nitrogen and oxygen atoms in total. The first-order valence-corrected chi connectivity index (χ1v) is 7.57. The van der Waals surface area contributed by atoms with E-state index in [1.54, 1.807) is 12.1 Å². The normalized spacial score (nSPS) is 12.2. The minimum Gasteiger partial charge on any atom is -0.497 e. The molecule has 0 saturated carbocycles. The van der Waals surface area contributed by atoms with Crippen LogP contribution in [0.5, 0.6) is 5.75 Å². The van der Waals surface area contributed by atoms with Gasteiger partial charge >= 0.3 is 11.9 Å². The SMILES string of the molecule is CCOC(=O)C(O)(C(=O)OCC)C(C)C(=O)c1ccc(OC)cc1. The molecule has 1 atom stereocenters. The molecule has 0 aliphatic carbocycles. The third kappa shape index (κ3) is 3.91. The Morgan fingerprint density at radius 3 is 1.88 bits per heavy atom. The van der Waals surface area contributed by atoms with Crippen molar-refractivity contribution < 1.29 is 33.7 Å². The number of carbonyl (C=O) groups is 3. The number of benzene rings is 1. The number of hydrogen-bond acceptors (Lipinski definition) is 7. The van der Waals surface area contributed by atoms with E-state index >= 15 is 0 Å². The van der Waals surface area contributed by atoms with Gasteiger partial charge in [0.15, 0.2) is 5.78 Å². The molecule has 1 N–H and O–H groups in total. The first-order valence-electron chi connectivity index (χ1n) is 7.57. The highest BCUT2D eigenvalue weighted by Gasteiger charge is 2.54. The Hall–Kier alpha value is -2.41. The van der Waals surface area contributed by atoms with Crippen LogP contribution in [-0.4, -0.2) is 48.8 Å². The summed E-state index contributed by atoms with van der Waals surface area (Å²) in [5.41, 5.74) is -2.49. The van der Waals surface area contributed by atoms with Gasteiger partial charge in [-0.2, -0.15) is 0 Å². The maximum atomic E-state index is 12.6. The molecule has 0 radical (unpaired) electrons. The Labute approximate surface area is 140 Å². The van der Waals surface area contributed by atoms with Crippen molar-refractivity contribution in [3.8, 4) is 5.75 Å². The van der Waals surface area contributed by atoms with E-state index in [0.717, 1.165) is 0 Å². The van der Waals surface area contributed by atoms with E-state index < -0.39 is 29.2 Å². The van der Waals surface area contributed by atoms with Crippen LogP contribution in [0, 0.1) is 5.92 Å². The minimum absolute atomic E-state index is 0.0516. The molecule has 0 aliphatic heterocycles. The fourth-order valence-corrected chi connectivity index (χ4v) is 2.11. The van der Waals surface area contributed by atoms with Crippen LogP contribution in [0.25, 0.3) is 0 Å². The van der Waals surface area contributed by atoms with Gasteiger partial charge < -0.3 is 19.3 Å². The zero-order valence-electron chi connectivity index (χ0n) is 14.2. The van der Waals surface area contributed by atoms with Gasteiger partial charge in [-0.05, 0) is 38.1 Å². The van der Waals surface area contributed by atoms with Crippen molar-refractivity contribution in [2.45, 2.75) is 26.4 Å². The molecule has 1 aromatic carbocycles. The lowest BCUT2D eigenvalue weighted by molar-refractivity contribution is -0.187. The highest BCUT2D eigenvalue weighted by molar-refractivity contribution is 6.11. The first-order chi connectivity index (χ1) is 11.3. The van der Waals surface area contributed by atoms with E-state index in [1.807, 2.05) is 0 Å². The third-order valence-electron chi connectivity index (χ3n) is 3.57. The van der Waals surface area contributed by atoms with Crippen LogP contribution in [0.4, 0.5) is 0 Å². The highest BCUT2D eigenvalue weighted by Crippen LogP contribution is 2.26. The summed E-state index contributed by atoms with van der Waals surface area (Å²) in [6.07, 6.45) is 0. The second-order valence-corrected chi connectivity index (χ2v) is 5.02. The molecule has 0 fully saturated rings. The highest BCUT2D eigenvalue weighted by atomic mass is 16.6. The molecule has 24 heavy (non-hydrogen) atoms. The molecular formula is C17H22O7. The standard InChI is InChI=1S/C17H22O7/c1-5-23-15(19)17(21,16(20)24-6-2)11(3)14(18)12-7-9-13(22-4)10-8-12/h7-11,21H,5-6H2,1-4H3. The number of aliphatic hydroxyl groups is 1. The number of methoxy groups -OCH3 is 1. The first kappa shape index (κ1) is 19.6. The fraction of sp³-hybridized carbons (Fsp3) is 0.471. The van der Waals surface area contributed by atoms with Gasteiger partial charge in [0, 0.05) is 5.56 Å². The maximum Gasteiger partial charge on any atom is 0.350 e. The van der Waals surface area contributed by atoms with E-state index in [2.05, 4.69) is 0 Å². The van der Waals surface area contributed by atoms with Crippen LogP contribution in [-0.2, 0) is 19.1 Å². The lowest BCUT2D eigenvalue weighted by Gasteiger charge is -2.28. The number of rotatable bonds is 8. The van der Waals surface area contributed by atoms with Crippen LogP contribution in [0.1, 0.15) is 31.1 Å². The average molecular weight is 338 g/mol. The minimum atomic E-state index is -2.71. The smallest absolute Gasteiger partial charge is 0.350 e. The predicted molar refractivity (Wildman–Crippen MR) is 84.7 cm³/mol. The van der Waals surface area contributed by atoms with Gasteiger partial charge in [-0.1, -0.05) is 6.92 Å². The Balaban J connectivity index is 3.17. The van der Waals surface area contributed by atoms with Gasteiger partial charge in [-0.25, -0.2) is 9.59 Å². The Bertz CT molecular complexity index is 573. The third-order valence-corrected chi connectivity index (χ3v) is 3.57. The molecule has 0 aromatic heterocycles. The van der Waals surface area contributed by atoms with Crippen molar-refractivity contribution in [1.82, 2.24) is 0 Å². The van der Waals surface area contributed by atoms with E-state index in [-0.39, 0.29) is 18.8 Å². The molecular weight excluding hydrogens is 316 g/mol. The largest absolute Gasteiger partial charge is 0.497 e. The van der Waals surface area contributed by atoms with E-state index in [1.165, 1.54) is 40.0 Å². The Morgan fingerprint density at radius 2 is 1.50 bits per heavy atom. The number of hydrogen-bond donors (Lipinski definition) is 1. The Morgan fingerprint density at radius 1 is 1.04 bits per heavy atom. The number of ketones is 1. The number of esters is 2. The molecule has 1 rings (SSSR count). The average Bonchev–Trinajstić information content (AvgIpc) is 2.60. The van der Waals surface area contributed by atoms with Crippen molar-refractivity contribution in [1.29, 1.82) is 0 Å². The summed E-state index contributed by atoms with van der Waals surface area (Å²) in [4.78, 5) is 36.8. The summed E-state index contributed by atoms with van der Waals surface area (Å²) < 4.78 is 14.5. The van der Waals surface area contributed by atoms with Crippen molar-refractivity contribution in [3.63, 3.8) is 0 Å². The second kappa shape index (κ2) is 8.44. The fourth-order valence-electron chi connectivity index (χ4n) is 2.11. The van der Waals surface area contributed by atoms with Crippen LogP contribution in [0.2, 0.25) is 0 Å². The summed E-state index contributed by atoms with van der Waals surface area (Å²) in [6.45, 7) is 4.23. The van der Waals surface area contributed by atoms with Crippen molar-refractivity contribution in [2.24, 2.45) is 5.92 Å². The van der Waals surface area contributed by atoms with Crippen LogP contribution >= 0.6 is 0 Å². The van der Waals surface area contributed by atoms with E-state index in [0.29, 0.717) is 5.75 Å².